The van der Waals surface area contributed by atoms with Crippen LogP contribution >= 0.6 is 11.3 Å². The topological polar surface area (TPSA) is 68.0 Å². The average Bonchev–Trinajstić information content (AvgIpc) is 2.89. The second kappa shape index (κ2) is 5.96. The van der Waals surface area contributed by atoms with Gasteiger partial charge in [-0.25, -0.2) is 4.98 Å². The number of hydrogen-bond donors (Lipinski definition) is 2. The minimum atomic E-state index is -0.193. The zero-order valence-electron chi connectivity index (χ0n) is 9.51. The Labute approximate surface area is 109 Å². The Balaban J connectivity index is 2.15. The van der Waals surface area contributed by atoms with E-state index in [4.69, 9.17) is 5.73 Å². The fourth-order valence-electron chi connectivity index (χ4n) is 1.35. The number of nitrogens with two attached hydrogens (primary N) is 1. The lowest BCUT2D eigenvalue weighted by atomic mass is 10.1. The summed E-state index contributed by atoms with van der Waals surface area (Å²) in [4.78, 5) is 15.9. The van der Waals surface area contributed by atoms with Crippen LogP contribution in [0.25, 0.3) is 0 Å². The molecule has 3 N–H and O–H groups in total. The molecule has 0 fully saturated rings. The van der Waals surface area contributed by atoms with Crippen LogP contribution < -0.4 is 11.1 Å². The van der Waals surface area contributed by atoms with Gasteiger partial charge in [-0.15, -0.1) is 11.3 Å². The number of carbonyl (C=O) groups excluding carboxylic acids is 1. The van der Waals surface area contributed by atoms with Crippen LogP contribution in [0.3, 0.4) is 0 Å². The number of nitrogens with zero attached hydrogens (tertiary/aromatic N) is 1. The highest BCUT2D eigenvalue weighted by Crippen LogP contribution is 2.12. The molecule has 5 heteroatoms. The highest BCUT2D eigenvalue weighted by Gasteiger charge is 2.07. The number of nitrogens with one attached hydrogen (secondary N) is 1. The van der Waals surface area contributed by atoms with Gasteiger partial charge in [0.05, 0.1) is 6.54 Å². The zero-order valence-corrected chi connectivity index (χ0v) is 10.3. The summed E-state index contributed by atoms with van der Waals surface area (Å²) in [5.74, 6) is 5.45. The molecule has 0 aliphatic rings. The molecule has 2 aromatic rings. The first-order valence-corrected chi connectivity index (χ1v) is 6.17. The van der Waals surface area contributed by atoms with Crippen LogP contribution in [0.1, 0.15) is 15.9 Å². The number of aromatic nitrogens is 1. The summed E-state index contributed by atoms with van der Waals surface area (Å²) in [5, 5.41) is 5.10. The quantitative estimate of drug-likeness (QED) is 0.805. The Morgan fingerprint density at radius 3 is 3.11 bits per heavy atom. The summed E-state index contributed by atoms with van der Waals surface area (Å²) < 4.78 is 0. The largest absolute Gasteiger partial charge is 0.320 e. The molecule has 0 bridgehead atoms. The number of rotatable bonds is 2. The molecule has 0 atom stereocenters. The van der Waals surface area contributed by atoms with Gasteiger partial charge in [0.25, 0.3) is 5.91 Å². The van der Waals surface area contributed by atoms with Gasteiger partial charge < -0.3 is 5.73 Å². The molecule has 90 valence electrons. The van der Waals surface area contributed by atoms with Crippen LogP contribution in [-0.2, 0) is 0 Å². The molecule has 0 saturated heterocycles. The van der Waals surface area contributed by atoms with E-state index in [0.29, 0.717) is 17.2 Å². The first kappa shape index (κ1) is 12.3. The van der Waals surface area contributed by atoms with Crippen molar-refractivity contribution >= 4 is 22.4 Å². The summed E-state index contributed by atoms with van der Waals surface area (Å²) in [6.07, 6.45) is 1.64. The number of thiazole rings is 1. The zero-order chi connectivity index (χ0) is 12.8. The van der Waals surface area contributed by atoms with Crippen molar-refractivity contribution in [1.29, 1.82) is 0 Å². The van der Waals surface area contributed by atoms with Gasteiger partial charge in [-0.3, -0.25) is 10.1 Å². The molecule has 0 radical (unpaired) electrons. The molecule has 18 heavy (non-hydrogen) atoms. The maximum absolute atomic E-state index is 11.9. The van der Waals surface area contributed by atoms with Gasteiger partial charge >= 0.3 is 0 Å². The lowest BCUT2D eigenvalue weighted by molar-refractivity contribution is 0.102. The van der Waals surface area contributed by atoms with E-state index in [1.807, 2.05) is 6.07 Å². The van der Waals surface area contributed by atoms with E-state index >= 15 is 0 Å². The molecule has 1 aromatic carbocycles. The van der Waals surface area contributed by atoms with E-state index in [2.05, 4.69) is 22.1 Å². The predicted molar refractivity (Wildman–Crippen MR) is 72.4 cm³/mol. The smallest absolute Gasteiger partial charge is 0.257 e. The van der Waals surface area contributed by atoms with E-state index in [9.17, 15) is 4.79 Å². The van der Waals surface area contributed by atoms with Gasteiger partial charge in [0.1, 0.15) is 0 Å². The van der Waals surface area contributed by atoms with Crippen LogP contribution in [0, 0.1) is 11.8 Å². The molecular weight excluding hydrogens is 246 g/mol. The van der Waals surface area contributed by atoms with Crippen LogP contribution in [0.2, 0.25) is 0 Å². The lowest BCUT2D eigenvalue weighted by Crippen LogP contribution is -2.11. The summed E-state index contributed by atoms with van der Waals surface area (Å²) in [5.41, 5.74) is 6.63. The normalized spacial score (nSPS) is 9.39. The van der Waals surface area contributed by atoms with Crippen molar-refractivity contribution in [1.82, 2.24) is 4.98 Å². The molecule has 1 amide bonds. The van der Waals surface area contributed by atoms with Crippen LogP contribution in [0.15, 0.2) is 35.8 Å². The number of hydrogen-bond acceptors (Lipinski definition) is 4. The maximum atomic E-state index is 11.9. The van der Waals surface area contributed by atoms with Crippen molar-refractivity contribution in [3.63, 3.8) is 0 Å². The first-order chi connectivity index (χ1) is 8.79. The van der Waals surface area contributed by atoms with E-state index in [1.165, 1.54) is 11.3 Å². The van der Waals surface area contributed by atoms with E-state index in [-0.39, 0.29) is 5.91 Å². The Hall–Kier alpha value is -2.16. The third-order valence-electron chi connectivity index (χ3n) is 2.11. The van der Waals surface area contributed by atoms with Crippen molar-refractivity contribution in [2.75, 3.05) is 11.9 Å². The SMILES string of the molecule is NCC#Cc1cccc(C(=O)Nc2nccs2)c1. The molecule has 0 saturated carbocycles. The van der Waals surface area contributed by atoms with Crippen molar-refractivity contribution in [3.05, 3.63) is 47.0 Å². The summed E-state index contributed by atoms with van der Waals surface area (Å²) in [6.45, 7) is 0.301. The average molecular weight is 257 g/mol. The molecule has 0 aliphatic carbocycles. The Morgan fingerprint density at radius 2 is 2.39 bits per heavy atom. The third-order valence-corrected chi connectivity index (χ3v) is 2.80. The highest BCUT2D eigenvalue weighted by molar-refractivity contribution is 7.13. The number of amides is 1. The van der Waals surface area contributed by atoms with Crippen molar-refractivity contribution < 1.29 is 4.79 Å². The van der Waals surface area contributed by atoms with Gasteiger partial charge in [-0.05, 0) is 18.2 Å². The molecule has 0 aliphatic heterocycles. The Kier molecular flexibility index (Phi) is 4.07. The van der Waals surface area contributed by atoms with Crippen LogP contribution in [0.4, 0.5) is 5.13 Å². The fourth-order valence-corrected chi connectivity index (χ4v) is 1.87. The fraction of sp³-hybridized carbons (Fsp3) is 0.0769. The maximum Gasteiger partial charge on any atom is 0.257 e. The van der Waals surface area contributed by atoms with E-state index < -0.39 is 0 Å². The Bertz CT molecular complexity index is 596. The molecule has 0 unspecified atom stereocenters. The molecule has 4 nitrogen and oxygen atoms in total. The number of anilines is 1. The van der Waals surface area contributed by atoms with Crippen LogP contribution in [0.5, 0.6) is 0 Å². The van der Waals surface area contributed by atoms with Crippen LogP contribution in [-0.4, -0.2) is 17.4 Å². The molecule has 0 spiro atoms. The second-order valence-corrected chi connectivity index (χ2v) is 4.27. The van der Waals surface area contributed by atoms with Gasteiger partial charge in [-0.2, -0.15) is 0 Å². The molecule has 1 heterocycles. The summed E-state index contributed by atoms with van der Waals surface area (Å²) >= 11 is 1.38. The van der Waals surface area contributed by atoms with Gasteiger partial charge in [0.15, 0.2) is 5.13 Å². The van der Waals surface area contributed by atoms with E-state index in [1.54, 1.807) is 29.8 Å². The van der Waals surface area contributed by atoms with Gasteiger partial charge in [-0.1, -0.05) is 17.9 Å². The number of benzene rings is 1. The monoisotopic (exact) mass is 257 g/mol. The van der Waals surface area contributed by atoms with Gasteiger partial charge in [0.2, 0.25) is 0 Å². The Morgan fingerprint density at radius 1 is 1.50 bits per heavy atom. The number of carbonyl (C=O) groups is 1. The minimum Gasteiger partial charge on any atom is -0.320 e. The summed E-state index contributed by atoms with van der Waals surface area (Å²) in [6, 6.07) is 7.09. The summed E-state index contributed by atoms with van der Waals surface area (Å²) in [7, 11) is 0. The first-order valence-electron chi connectivity index (χ1n) is 5.29. The third kappa shape index (κ3) is 3.17. The molecular formula is C13H11N3OS. The van der Waals surface area contributed by atoms with Crippen molar-refractivity contribution in [2.24, 2.45) is 5.73 Å². The minimum absolute atomic E-state index is 0.193. The molecule has 2 rings (SSSR count). The second-order valence-electron chi connectivity index (χ2n) is 3.38. The van der Waals surface area contributed by atoms with Gasteiger partial charge in [0, 0.05) is 22.7 Å². The predicted octanol–water partition coefficient (Wildman–Crippen LogP) is 1.71. The molecule has 1 aromatic heterocycles. The lowest BCUT2D eigenvalue weighted by Gasteiger charge is -2.01. The standard InChI is InChI=1S/C13H11N3OS/c14-6-2-4-10-3-1-5-11(9-10)12(17)16-13-15-7-8-18-13/h1,3,5,7-9H,6,14H2,(H,15,16,17). The van der Waals surface area contributed by atoms with Crippen molar-refractivity contribution in [2.45, 2.75) is 0 Å². The highest BCUT2D eigenvalue weighted by atomic mass is 32.1. The van der Waals surface area contributed by atoms with E-state index in [0.717, 1.165) is 5.56 Å². The van der Waals surface area contributed by atoms with Crippen molar-refractivity contribution in [3.8, 4) is 11.8 Å².